The first-order valence-corrected chi connectivity index (χ1v) is 10.7. The highest BCUT2D eigenvalue weighted by Crippen LogP contribution is 2.41. The Hall–Kier alpha value is -2.93. The SMILES string of the molecule is CCc1c(OCOC)cc(OCOC)c(-c2ccccc2)c1CCOCc1cccnc1. The predicted octanol–water partition coefficient (Wildman–Crippen LogP) is 5.04. The van der Waals surface area contributed by atoms with Crippen LogP contribution in [0.15, 0.2) is 60.9 Å². The number of benzene rings is 2. The third-order valence-electron chi connectivity index (χ3n) is 5.04. The fraction of sp³-hybridized carbons (Fsp3) is 0.346. The molecule has 0 unspecified atom stereocenters. The number of rotatable bonds is 13. The number of ether oxygens (including phenoxy) is 5. The fourth-order valence-electron chi connectivity index (χ4n) is 3.65. The topological polar surface area (TPSA) is 59.0 Å². The van der Waals surface area contributed by atoms with Crippen molar-refractivity contribution in [3.63, 3.8) is 0 Å². The Balaban J connectivity index is 1.97. The summed E-state index contributed by atoms with van der Waals surface area (Å²) in [6.45, 7) is 3.51. The summed E-state index contributed by atoms with van der Waals surface area (Å²) in [6, 6.07) is 16.1. The fourth-order valence-corrected chi connectivity index (χ4v) is 3.65. The molecule has 0 aliphatic heterocycles. The highest BCUT2D eigenvalue weighted by Gasteiger charge is 2.20. The van der Waals surface area contributed by atoms with Gasteiger partial charge in [-0.15, -0.1) is 0 Å². The third-order valence-corrected chi connectivity index (χ3v) is 5.04. The van der Waals surface area contributed by atoms with Crippen LogP contribution in [-0.2, 0) is 33.7 Å². The molecule has 0 saturated heterocycles. The molecule has 1 heterocycles. The molecule has 3 rings (SSSR count). The normalized spacial score (nSPS) is 10.8. The van der Waals surface area contributed by atoms with Gasteiger partial charge < -0.3 is 23.7 Å². The van der Waals surface area contributed by atoms with Gasteiger partial charge in [-0.25, -0.2) is 0 Å². The maximum absolute atomic E-state index is 5.99. The van der Waals surface area contributed by atoms with Crippen LogP contribution in [0.5, 0.6) is 11.5 Å². The second-order valence-electron chi connectivity index (χ2n) is 7.19. The Kier molecular flexibility index (Phi) is 9.50. The Labute approximate surface area is 190 Å². The molecule has 2 aromatic carbocycles. The average Bonchev–Trinajstić information content (AvgIpc) is 2.84. The van der Waals surface area contributed by atoms with Gasteiger partial charge in [0.15, 0.2) is 13.6 Å². The summed E-state index contributed by atoms with van der Waals surface area (Å²) < 4.78 is 28.2. The molecule has 0 saturated carbocycles. The van der Waals surface area contributed by atoms with E-state index in [0.29, 0.717) is 25.4 Å². The van der Waals surface area contributed by atoms with E-state index in [1.165, 1.54) is 0 Å². The molecule has 0 bridgehead atoms. The number of pyridine rings is 1. The summed E-state index contributed by atoms with van der Waals surface area (Å²) in [6.07, 6.45) is 5.10. The summed E-state index contributed by atoms with van der Waals surface area (Å²) in [5.41, 5.74) is 5.43. The van der Waals surface area contributed by atoms with Gasteiger partial charge in [0.05, 0.1) is 13.2 Å². The van der Waals surface area contributed by atoms with Gasteiger partial charge in [0, 0.05) is 38.2 Å². The molecule has 0 fully saturated rings. The molecule has 0 aliphatic rings. The van der Waals surface area contributed by atoms with Crippen molar-refractivity contribution in [1.82, 2.24) is 4.98 Å². The van der Waals surface area contributed by atoms with Crippen LogP contribution in [0.2, 0.25) is 0 Å². The quantitative estimate of drug-likeness (QED) is 0.276. The molecule has 32 heavy (non-hydrogen) atoms. The minimum Gasteiger partial charge on any atom is -0.467 e. The maximum Gasteiger partial charge on any atom is 0.188 e. The summed E-state index contributed by atoms with van der Waals surface area (Å²) in [5.74, 6) is 1.46. The first kappa shape index (κ1) is 23.7. The van der Waals surface area contributed by atoms with E-state index in [1.54, 1.807) is 20.4 Å². The van der Waals surface area contributed by atoms with Crippen molar-refractivity contribution in [1.29, 1.82) is 0 Å². The monoisotopic (exact) mass is 437 g/mol. The summed E-state index contributed by atoms with van der Waals surface area (Å²) in [5, 5.41) is 0. The van der Waals surface area contributed by atoms with Gasteiger partial charge in [-0.3, -0.25) is 4.98 Å². The summed E-state index contributed by atoms with van der Waals surface area (Å²) >= 11 is 0. The van der Waals surface area contributed by atoms with E-state index in [2.05, 4.69) is 24.0 Å². The predicted molar refractivity (Wildman–Crippen MR) is 124 cm³/mol. The molecule has 0 aliphatic carbocycles. The minimum absolute atomic E-state index is 0.145. The standard InChI is InChI=1S/C26H31NO5/c1-4-22-23(12-14-30-17-20-9-8-13-27-16-20)26(21-10-6-5-7-11-21)25(32-19-29-3)15-24(22)31-18-28-2/h5-11,13,15-16H,4,12,14,17-19H2,1-3H3. The third kappa shape index (κ3) is 6.29. The zero-order valence-electron chi connectivity index (χ0n) is 19.0. The number of hydrogen-bond acceptors (Lipinski definition) is 6. The Morgan fingerprint density at radius 3 is 2.25 bits per heavy atom. The first-order valence-electron chi connectivity index (χ1n) is 10.7. The van der Waals surface area contributed by atoms with Crippen LogP contribution in [-0.4, -0.2) is 39.4 Å². The summed E-state index contributed by atoms with van der Waals surface area (Å²) in [4.78, 5) is 4.15. The van der Waals surface area contributed by atoms with E-state index >= 15 is 0 Å². The molecule has 6 nitrogen and oxygen atoms in total. The number of aromatic nitrogens is 1. The van der Waals surface area contributed by atoms with Crippen molar-refractivity contribution in [2.75, 3.05) is 34.4 Å². The average molecular weight is 438 g/mol. The van der Waals surface area contributed by atoms with E-state index in [9.17, 15) is 0 Å². The van der Waals surface area contributed by atoms with Crippen LogP contribution in [0.3, 0.4) is 0 Å². The van der Waals surface area contributed by atoms with Gasteiger partial charge in [0.25, 0.3) is 0 Å². The number of nitrogens with zero attached hydrogens (tertiary/aromatic N) is 1. The van der Waals surface area contributed by atoms with Crippen molar-refractivity contribution in [2.24, 2.45) is 0 Å². The van der Waals surface area contributed by atoms with E-state index in [-0.39, 0.29) is 13.6 Å². The van der Waals surface area contributed by atoms with Crippen LogP contribution in [0, 0.1) is 0 Å². The molecule has 0 N–H and O–H groups in total. The molecular weight excluding hydrogens is 406 g/mol. The second kappa shape index (κ2) is 12.8. The van der Waals surface area contributed by atoms with Gasteiger partial charge in [0.2, 0.25) is 0 Å². The smallest absolute Gasteiger partial charge is 0.188 e. The molecule has 170 valence electrons. The van der Waals surface area contributed by atoms with Crippen molar-refractivity contribution >= 4 is 0 Å². The highest BCUT2D eigenvalue weighted by atomic mass is 16.7. The summed E-state index contributed by atoms with van der Waals surface area (Å²) in [7, 11) is 3.22. The molecule has 1 aromatic heterocycles. The molecule has 3 aromatic rings. The number of hydrogen-bond donors (Lipinski definition) is 0. The minimum atomic E-state index is 0.145. The lowest BCUT2D eigenvalue weighted by molar-refractivity contribution is 0.0457. The van der Waals surface area contributed by atoms with Gasteiger partial charge >= 0.3 is 0 Å². The van der Waals surface area contributed by atoms with Crippen molar-refractivity contribution < 1.29 is 23.7 Å². The largest absolute Gasteiger partial charge is 0.467 e. The molecule has 0 radical (unpaired) electrons. The molecular formula is C26H31NO5. The molecule has 0 amide bonds. The Bertz CT molecular complexity index is 947. The van der Waals surface area contributed by atoms with Crippen LogP contribution in [0.1, 0.15) is 23.6 Å². The Morgan fingerprint density at radius 1 is 0.844 bits per heavy atom. The van der Waals surface area contributed by atoms with E-state index < -0.39 is 0 Å². The van der Waals surface area contributed by atoms with Gasteiger partial charge in [-0.1, -0.05) is 43.3 Å². The lowest BCUT2D eigenvalue weighted by atomic mass is 9.90. The van der Waals surface area contributed by atoms with E-state index in [0.717, 1.165) is 40.0 Å². The lowest BCUT2D eigenvalue weighted by Gasteiger charge is -2.22. The zero-order chi connectivity index (χ0) is 22.6. The van der Waals surface area contributed by atoms with Crippen LogP contribution >= 0.6 is 0 Å². The van der Waals surface area contributed by atoms with Crippen molar-refractivity contribution in [3.8, 4) is 22.6 Å². The second-order valence-corrected chi connectivity index (χ2v) is 7.19. The van der Waals surface area contributed by atoms with Crippen LogP contribution in [0.4, 0.5) is 0 Å². The lowest BCUT2D eigenvalue weighted by Crippen LogP contribution is -2.10. The van der Waals surface area contributed by atoms with Gasteiger partial charge in [-0.2, -0.15) is 0 Å². The van der Waals surface area contributed by atoms with E-state index in [4.69, 9.17) is 23.7 Å². The van der Waals surface area contributed by atoms with Crippen molar-refractivity contribution in [2.45, 2.75) is 26.4 Å². The number of methoxy groups -OCH3 is 2. The van der Waals surface area contributed by atoms with Crippen LogP contribution < -0.4 is 9.47 Å². The highest BCUT2D eigenvalue weighted by molar-refractivity contribution is 5.77. The molecule has 0 atom stereocenters. The van der Waals surface area contributed by atoms with Gasteiger partial charge in [-0.05, 0) is 41.2 Å². The van der Waals surface area contributed by atoms with Crippen LogP contribution in [0.25, 0.3) is 11.1 Å². The van der Waals surface area contributed by atoms with Crippen molar-refractivity contribution in [3.05, 3.63) is 77.6 Å². The maximum atomic E-state index is 5.99. The van der Waals surface area contributed by atoms with Gasteiger partial charge in [0.1, 0.15) is 11.5 Å². The Morgan fingerprint density at radius 2 is 1.59 bits per heavy atom. The molecule has 6 heteroatoms. The molecule has 0 spiro atoms. The van der Waals surface area contributed by atoms with E-state index in [1.807, 2.05) is 42.6 Å². The first-order chi connectivity index (χ1) is 15.8. The zero-order valence-corrected chi connectivity index (χ0v) is 19.0.